The second-order valence-electron chi connectivity index (χ2n) is 2.46. The van der Waals surface area contributed by atoms with Gasteiger partial charge in [0.15, 0.2) is 0 Å². The molecule has 0 atom stereocenters. The minimum absolute atomic E-state index is 1.11. The Morgan fingerprint density at radius 2 is 2.09 bits per heavy atom. The van der Waals surface area contributed by atoms with Crippen molar-refractivity contribution in [1.82, 2.24) is 0 Å². The van der Waals surface area contributed by atoms with Crippen LogP contribution in [0.25, 0.3) is 0 Å². The van der Waals surface area contributed by atoms with E-state index >= 15 is 0 Å². The Morgan fingerprint density at radius 1 is 1.27 bits per heavy atom. The van der Waals surface area contributed by atoms with E-state index in [9.17, 15) is 0 Å². The minimum atomic E-state index is -1.59. The molecule has 65 valence electrons. The van der Waals surface area contributed by atoms with Crippen molar-refractivity contribution in [1.29, 1.82) is 0 Å². The van der Waals surface area contributed by atoms with Crippen LogP contribution >= 0.6 is 19.4 Å². The molecule has 0 aromatic rings. The predicted molar refractivity (Wildman–Crippen MR) is 47.4 cm³/mol. The second kappa shape index (κ2) is 5.35. The van der Waals surface area contributed by atoms with Gasteiger partial charge in [0.25, 0.3) is 0 Å². The topological polar surface area (TPSA) is 0 Å². The van der Waals surface area contributed by atoms with Gasteiger partial charge in [-0.2, -0.15) is 0 Å². The van der Waals surface area contributed by atoms with Crippen molar-refractivity contribution in [3.05, 3.63) is 22.4 Å². The second-order valence-corrected chi connectivity index (χ2v) is 8.45. The summed E-state index contributed by atoms with van der Waals surface area (Å²) in [6.45, 7) is 0. The van der Waals surface area contributed by atoms with Crippen molar-refractivity contribution >= 4 is 19.4 Å². The predicted octanol–water partition coefficient (Wildman–Crippen LogP) is 3.93. The molecule has 0 bridgehead atoms. The number of rotatable bonds is 1. The fraction of sp³-hybridized carbons (Fsp3) is 0.500. The van der Waals surface area contributed by atoms with Gasteiger partial charge >= 0.3 is 81.4 Å². The Hall–Kier alpha value is 0.683. The Bertz CT molecular complexity index is 173. The van der Waals surface area contributed by atoms with Crippen molar-refractivity contribution in [2.45, 2.75) is 25.7 Å². The third kappa shape index (κ3) is 3.74. The molecule has 0 saturated carbocycles. The standard InChI is InChI=1S/C8H11.2ClH.Ru/c1-2-4-6-8-7-5-3-1;;;/h1-3H,4,6-8H2;2*1H;/q;;;+2/p-2. The molecule has 0 heterocycles. The average molecular weight is 279 g/mol. The summed E-state index contributed by atoms with van der Waals surface area (Å²) >= 11 is -1.59. The molecule has 0 fully saturated rings. The van der Waals surface area contributed by atoms with E-state index in [1.54, 1.807) is 0 Å². The zero-order chi connectivity index (χ0) is 8.10. The Labute approximate surface area is 81.2 Å². The molecule has 11 heavy (non-hydrogen) atoms. The number of hydrogen-bond acceptors (Lipinski definition) is 0. The maximum absolute atomic E-state index is 5.89. The van der Waals surface area contributed by atoms with Crippen LogP contribution in [-0.4, -0.2) is 0 Å². The zero-order valence-corrected chi connectivity index (χ0v) is 9.42. The van der Waals surface area contributed by atoms with E-state index in [2.05, 4.69) is 18.2 Å². The molecule has 3 heteroatoms. The molecule has 0 aliphatic heterocycles. The van der Waals surface area contributed by atoms with Crippen LogP contribution in [-0.2, 0) is 14.0 Å². The summed E-state index contributed by atoms with van der Waals surface area (Å²) in [5.74, 6) is 0. The van der Waals surface area contributed by atoms with Crippen molar-refractivity contribution in [2.24, 2.45) is 0 Å². The third-order valence-corrected chi connectivity index (χ3v) is 5.21. The number of halogens is 2. The first kappa shape index (κ1) is 9.77. The van der Waals surface area contributed by atoms with E-state index in [4.69, 9.17) is 19.4 Å². The summed E-state index contributed by atoms with van der Waals surface area (Å²) in [5.41, 5.74) is 0. The molecule has 1 aliphatic carbocycles. The molecule has 1 aliphatic rings. The van der Waals surface area contributed by atoms with E-state index in [-0.39, 0.29) is 0 Å². The summed E-state index contributed by atoms with van der Waals surface area (Å²) in [6, 6.07) is 0. The van der Waals surface area contributed by atoms with Crippen LogP contribution in [0.1, 0.15) is 25.7 Å². The molecule has 0 N–H and O–H groups in total. The van der Waals surface area contributed by atoms with Crippen LogP contribution in [0.4, 0.5) is 0 Å². The van der Waals surface area contributed by atoms with Crippen molar-refractivity contribution in [3.8, 4) is 0 Å². The van der Waals surface area contributed by atoms with E-state index in [0.717, 1.165) is 6.42 Å². The van der Waals surface area contributed by atoms with Crippen LogP contribution < -0.4 is 0 Å². The van der Waals surface area contributed by atoms with Crippen LogP contribution in [0.5, 0.6) is 0 Å². The SMILES string of the molecule is [Cl][Ru]([Cl])[C]1=CC=CCCCC1. The van der Waals surface area contributed by atoms with Gasteiger partial charge in [-0.15, -0.1) is 0 Å². The van der Waals surface area contributed by atoms with Gasteiger partial charge in [-0.1, -0.05) is 0 Å². The molecule has 0 aromatic heterocycles. The van der Waals surface area contributed by atoms with Gasteiger partial charge in [-0.05, 0) is 0 Å². The summed E-state index contributed by atoms with van der Waals surface area (Å²) in [4.78, 5) is 0. The molecule has 0 nitrogen and oxygen atoms in total. The number of allylic oxidation sites excluding steroid dienone is 4. The Morgan fingerprint density at radius 3 is 2.82 bits per heavy atom. The first-order chi connectivity index (χ1) is 5.30. The van der Waals surface area contributed by atoms with Crippen LogP contribution in [0.2, 0.25) is 0 Å². The molecule has 0 aromatic carbocycles. The Balaban J connectivity index is 2.58. The zero-order valence-electron chi connectivity index (χ0n) is 6.17. The first-order valence-electron chi connectivity index (χ1n) is 3.66. The van der Waals surface area contributed by atoms with Gasteiger partial charge in [0, 0.05) is 0 Å². The van der Waals surface area contributed by atoms with E-state index in [1.807, 2.05) is 0 Å². The third-order valence-electron chi connectivity index (χ3n) is 1.61. The molecule has 0 saturated heterocycles. The molecular formula is C8H11Cl2Ru. The average Bonchev–Trinajstić information content (AvgIpc) is 1.84. The molecule has 0 radical (unpaired) electrons. The fourth-order valence-electron chi connectivity index (χ4n) is 1.01. The van der Waals surface area contributed by atoms with Crippen molar-refractivity contribution < 1.29 is 14.0 Å². The normalized spacial score (nSPS) is 20.2. The van der Waals surface area contributed by atoms with Crippen LogP contribution in [0.15, 0.2) is 22.4 Å². The summed E-state index contributed by atoms with van der Waals surface area (Å²) in [7, 11) is 11.8. The molecule has 1 rings (SSSR count). The number of hydrogen-bond donors (Lipinski definition) is 0. The van der Waals surface area contributed by atoms with E-state index in [1.165, 1.54) is 23.4 Å². The van der Waals surface area contributed by atoms with E-state index in [0.29, 0.717) is 0 Å². The van der Waals surface area contributed by atoms with Crippen LogP contribution in [0.3, 0.4) is 0 Å². The summed E-state index contributed by atoms with van der Waals surface area (Å²) < 4.78 is 1.29. The molecular weight excluding hydrogens is 268 g/mol. The summed E-state index contributed by atoms with van der Waals surface area (Å²) in [5, 5.41) is 0. The Kier molecular flexibility index (Phi) is 4.75. The van der Waals surface area contributed by atoms with Gasteiger partial charge in [-0.3, -0.25) is 0 Å². The van der Waals surface area contributed by atoms with Crippen LogP contribution in [0, 0.1) is 0 Å². The van der Waals surface area contributed by atoms with E-state index < -0.39 is 14.0 Å². The molecule has 0 amide bonds. The van der Waals surface area contributed by atoms with Gasteiger partial charge in [-0.25, -0.2) is 0 Å². The van der Waals surface area contributed by atoms with Gasteiger partial charge in [0.2, 0.25) is 0 Å². The quantitative estimate of drug-likeness (QED) is 0.638. The molecule has 0 unspecified atom stereocenters. The van der Waals surface area contributed by atoms with Crippen molar-refractivity contribution in [3.63, 3.8) is 0 Å². The first-order valence-corrected chi connectivity index (χ1v) is 9.01. The summed E-state index contributed by atoms with van der Waals surface area (Å²) in [6.07, 6.45) is 11.2. The monoisotopic (exact) mass is 279 g/mol. The van der Waals surface area contributed by atoms with Gasteiger partial charge < -0.3 is 0 Å². The van der Waals surface area contributed by atoms with Gasteiger partial charge in [0.05, 0.1) is 0 Å². The maximum atomic E-state index is 5.89. The van der Waals surface area contributed by atoms with Gasteiger partial charge in [0.1, 0.15) is 0 Å². The fourth-order valence-corrected chi connectivity index (χ4v) is 3.35. The van der Waals surface area contributed by atoms with Crippen molar-refractivity contribution in [2.75, 3.05) is 0 Å². The molecule has 0 spiro atoms.